The van der Waals surface area contributed by atoms with Gasteiger partial charge in [-0.05, 0) is 11.4 Å². The molecule has 0 spiro atoms. The molecule has 2 amide bonds. The predicted octanol–water partition coefficient (Wildman–Crippen LogP) is 0.548. The number of rotatable bonds is 7. The number of carboxylic acid groups (broad SMARTS) is 1. The van der Waals surface area contributed by atoms with Gasteiger partial charge in [0.15, 0.2) is 24.7 Å². The smallest absolute Gasteiger partial charge is 0.352 e. The molecule has 5 rings (SSSR count). The zero-order chi connectivity index (χ0) is 24.7. The second kappa shape index (κ2) is 9.03. The van der Waals surface area contributed by atoms with E-state index in [1.165, 1.54) is 23.8 Å². The Morgan fingerprint density at radius 1 is 1.46 bits per heavy atom. The largest absolute Gasteiger partial charge is 0.477 e. The number of aliphatic carboxylic acids is 1. The molecule has 0 radical (unpaired) electrons. The van der Waals surface area contributed by atoms with E-state index in [1.54, 1.807) is 11.3 Å². The summed E-state index contributed by atoms with van der Waals surface area (Å²) in [6.45, 7) is 0.326. The van der Waals surface area contributed by atoms with Crippen LogP contribution in [0.4, 0.5) is 6.01 Å². The maximum Gasteiger partial charge on any atom is 0.352 e. The van der Waals surface area contributed by atoms with Gasteiger partial charge >= 0.3 is 5.97 Å². The summed E-state index contributed by atoms with van der Waals surface area (Å²) in [5.74, 6) is -2.07. The van der Waals surface area contributed by atoms with E-state index in [9.17, 15) is 19.5 Å². The van der Waals surface area contributed by atoms with Crippen molar-refractivity contribution in [1.82, 2.24) is 15.2 Å². The van der Waals surface area contributed by atoms with Crippen LogP contribution in [0.25, 0.3) is 10.1 Å². The third-order valence-corrected chi connectivity index (χ3v) is 7.76. The van der Waals surface area contributed by atoms with Crippen molar-refractivity contribution in [2.45, 2.75) is 18.0 Å². The summed E-state index contributed by atoms with van der Waals surface area (Å²) < 4.78 is 7.94. The summed E-state index contributed by atoms with van der Waals surface area (Å²) in [7, 11) is 1.25. The highest BCUT2D eigenvalue weighted by atomic mass is 32.2. The minimum atomic E-state index is -1.19. The fraction of sp³-hybridized carbons (Fsp3) is 0.238. The SMILES string of the molecule is CON=C(C(=O)NC1C(=O)N2C(C(=O)O)=C(C[n+]3ccc4sccc4c3)CS[C@@H]12)c1coc(N)n1. The second-order valence-corrected chi connectivity index (χ2v) is 9.72. The number of fused-ring (bicyclic) bond motifs is 2. The van der Waals surface area contributed by atoms with E-state index < -0.39 is 29.2 Å². The standard InChI is InChI=1S/C21H18N6O6S2/c1-32-25-14(12-8-33-21(22)23-12)17(28)24-15-18(29)27-16(20(30)31)11(9-35-19(15)27)7-26-4-2-13-10(6-26)3-5-34-13/h2-6,8,15,19H,7,9H2,1H3,(H3-,22,23,24,28,30,31)/p+1/t15?,19-/m0/s1. The average molecular weight is 516 g/mol. The van der Waals surface area contributed by atoms with Crippen molar-refractivity contribution < 1.29 is 33.3 Å². The normalized spacial score (nSPS) is 20.0. The molecule has 0 saturated carbocycles. The molecule has 1 unspecified atom stereocenters. The number of thiophene rings is 1. The lowest BCUT2D eigenvalue weighted by Crippen LogP contribution is -2.71. The Morgan fingerprint density at radius 3 is 3.00 bits per heavy atom. The Bertz CT molecular complexity index is 1410. The highest BCUT2D eigenvalue weighted by Gasteiger charge is 2.54. The number of carboxylic acids is 1. The van der Waals surface area contributed by atoms with Crippen molar-refractivity contribution in [1.29, 1.82) is 0 Å². The van der Waals surface area contributed by atoms with Crippen molar-refractivity contribution >= 4 is 62.7 Å². The Hall–Kier alpha value is -3.91. The number of anilines is 1. The molecule has 3 aromatic heterocycles. The lowest BCUT2D eigenvalue weighted by Gasteiger charge is -2.49. The molecule has 5 heterocycles. The van der Waals surface area contributed by atoms with Gasteiger partial charge in [0.1, 0.15) is 36.2 Å². The molecular weight excluding hydrogens is 496 g/mol. The molecule has 0 bridgehead atoms. The number of hydrogen-bond donors (Lipinski definition) is 3. The van der Waals surface area contributed by atoms with Crippen molar-refractivity contribution in [2.24, 2.45) is 5.16 Å². The van der Waals surface area contributed by atoms with Gasteiger partial charge in [0.2, 0.25) is 0 Å². The van der Waals surface area contributed by atoms with Gasteiger partial charge in [-0.15, -0.1) is 23.1 Å². The van der Waals surface area contributed by atoms with Crippen LogP contribution in [0.3, 0.4) is 0 Å². The van der Waals surface area contributed by atoms with Crippen LogP contribution in [0.2, 0.25) is 0 Å². The Balaban J connectivity index is 1.36. The molecule has 1 saturated heterocycles. The van der Waals surface area contributed by atoms with E-state index in [2.05, 4.69) is 15.5 Å². The Morgan fingerprint density at radius 2 is 2.29 bits per heavy atom. The third-order valence-electron chi connectivity index (χ3n) is 5.52. The number of amides is 2. The average Bonchev–Trinajstić information content (AvgIpc) is 3.48. The number of oxime groups is 1. The monoisotopic (exact) mass is 515 g/mol. The zero-order valence-corrected chi connectivity index (χ0v) is 19.8. The summed E-state index contributed by atoms with van der Waals surface area (Å²) in [5, 5.41) is 18.6. The number of β-lactam (4-membered cyclic amide) rings is 1. The van der Waals surface area contributed by atoms with E-state index in [-0.39, 0.29) is 23.1 Å². The Kier molecular flexibility index (Phi) is 5.90. The molecule has 180 valence electrons. The first kappa shape index (κ1) is 22.9. The molecule has 4 N–H and O–H groups in total. The van der Waals surface area contributed by atoms with Crippen LogP contribution >= 0.6 is 23.1 Å². The number of oxazole rings is 1. The van der Waals surface area contributed by atoms with E-state index in [0.29, 0.717) is 17.9 Å². The molecule has 2 atom stereocenters. The van der Waals surface area contributed by atoms with Crippen LogP contribution in [-0.2, 0) is 25.8 Å². The van der Waals surface area contributed by atoms with E-state index in [4.69, 9.17) is 15.0 Å². The molecule has 35 heavy (non-hydrogen) atoms. The minimum absolute atomic E-state index is 0.0369. The molecule has 0 aliphatic carbocycles. The maximum absolute atomic E-state index is 13.0. The van der Waals surface area contributed by atoms with Gasteiger partial charge in [-0.25, -0.2) is 9.36 Å². The molecular formula is C21H19N6O6S2+. The minimum Gasteiger partial charge on any atom is -0.477 e. The fourth-order valence-corrected chi connectivity index (χ4v) is 6.08. The Labute approximate surface area is 206 Å². The summed E-state index contributed by atoms with van der Waals surface area (Å²) >= 11 is 3.00. The van der Waals surface area contributed by atoms with Gasteiger partial charge in [-0.1, -0.05) is 5.16 Å². The first-order valence-electron chi connectivity index (χ1n) is 10.3. The third kappa shape index (κ3) is 4.10. The van der Waals surface area contributed by atoms with Gasteiger partial charge in [0, 0.05) is 22.1 Å². The number of aromatic nitrogens is 2. The first-order chi connectivity index (χ1) is 16.9. The number of nitrogen functional groups attached to an aromatic ring is 1. The van der Waals surface area contributed by atoms with Gasteiger partial charge in [-0.3, -0.25) is 14.5 Å². The van der Waals surface area contributed by atoms with Crippen molar-refractivity contribution in [3.63, 3.8) is 0 Å². The number of pyridine rings is 1. The molecule has 14 heteroatoms. The highest BCUT2D eigenvalue weighted by Crippen LogP contribution is 2.40. The van der Waals surface area contributed by atoms with Crippen molar-refractivity contribution in [2.75, 3.05) is 18.6 Å². The zero-order valence-electron chi connectivity index (χ0n) is 18.2. The number of carbonyl (C=O) groups excluding carboxylic acids is 2. The van der Waals surface area contributed by atoms with Crippen LogP contribution < -0.4 is 15.6 Å². The fourth-order valence-electron chi connectivity index (χ4n) is 3.98. The van der Waals surface area contributed by atoms with E-state index >= 15 is 0 Å². The molecule has 12 nitrogen and oxygen atoms in total. The van der Waals surface area contributed by atoms with Gasteiger partial charge < -0.3 is 25.4 Å². The van der Waals surface area contributed by atoms with Crippen LogP contribution in [0.5, 0.6) is 0 Å². The van der Waals surface area contributed by atoms with Crippen LogP contribution in [0.15, 0.2) is 57.0 Å². The van der Waals surface area contributed by atoms with Gasteiger partial charge in [-0.2, -0.15) is 4.98 Å². The van der Waals surface area contributed by atoms with Crippen LogP contribution in [-0.4, -0.2) is 62.8 Å². The molecule has 2 aliphatic heterocycles. The summed E-state index contributed by atoms with van der Waals surface area (Å²) in [4.78, 5) is 47.7. The van der Waals surface area contributed by atoms with E-state index in [1.807, 2.05) is 34.5 Å². The van der Waals surface area contributed by atoms with E-state index in [0.717, 1.165) is 16.3 Å². The molecule has 2 aliphatic rings. The van der Waals surface area contributed by atoms with Crippen molar-refractivity contribution in [3.05, 3.63) is 53.1 Å². The number of nitrogens with two attached hydrogens (primary N) is 1. The van der Waals surface area contributed by atoms with Crippen molar-refractivity contribution in [3.8, 4) is 0 Å². The maximum atomic E-state index is 13.0. The molecule has 0 aromatic carbocycles. The highest BCUT2D eigenvalue weighted by molar-refractivity contribution is 8.00. The van der Waals surface area contributed by atoms with Crippen LogP contribution in [0, 0.1) is 0 Å². The number of nitrogens with one attached hydrogen (secondary N) is 1. The first-order valence-corrected chi connectivity index (χ1v) is 12.2. The number of nitrogens with zero attached hydrogens (tertiary/aromatic N) is 4. The summed E-state index contributed by atoms with van der Waals surface area (Å²) in [6.07, 6.45) is 4.97. The van der Waals surface area contributed by atoms with Gasteiger partial charge in [0.25, 0.3) is 17.8 Å². The number of thioether (sulfide) groups is 1. The van der Waals surface area contributed by atoms with Gasteiger partial charge in [0.05, 0.1) is 5.39 Å². The summed E-state index contributed by atoms with van der Waals surface area (Å²) in [5.41, 5.74) is 5.82. The molecule has 3 aromatic rings. The summed E-state index contributed by atoms with van der Waals surface area (Å²) in [6, 6.07) is 2.87. The second-order valence-electron chi connectivity index (χ2n) is 7.67. The lowest BCUT2D eigenvalue weighted by atomic mass is 10.0. The number of hydrogen-bond acceptors (Lipinski definition) is 10. The lowest BCUT2D eigenvalue weighted by molar-refractivity contribution is -0.687. The van der Waals surface area contributed by atoms with Crippen LogP contribution in [0.1, 0.15) is 5.69 Å². The predicted molar refractivity (Wildman–Crippen MR) is 126 cm³/mol. The topological polar surface area (TPSA) is 164 Å². The molecule has 1 fully saturated rings. The number of carbonyl (C=O) groups is 3. The quantitative estimate of drug-likeness (QED) is 0.176.